The minimum absolute atomic E-state index is 0.247. The number of hydrogen-bond donors (Lipinski definition) is 1. The van der Waals surface area contributed by atoms with E-state index in [0.29, 0.717) is 0 Å². The van der Waals surface area contributed by atoms with E-state index >= 15 is 0 Å². The molecule has 2 nitrogen and oxygen atoms in total. The van der Waals surface area contributed by atoms with Gasteiger partial charge in [0.2, 0.25) is 0 Å². The number of rotatable bonds is 6. The molecule has 0 aliphatic carbocycles. The molecule has 20 heavy (non-hydrogen) atoms. The highest BCUT2D eigenvalue weighted by Crippen LogP contribution is 2.23. The van der Waals surface area contributed by atoms with E-state index in [9.17, 15) is 0 Å². The lowest BCUT2D eigenvalue weighted by molar-refractivity contribution is 0.217. The molecule has 2 rings (SSSR count). The quantitative estimate of drug-likeness (QED) is 0.793. The fraction of sp³-hybridized carbons (Fsp3) is 0.333. The Hall–Kier alpha value is -1.96. The van der Waals surface area contributed by atoms with Crippen LogP contribution in [-0.4, -0.2) is 6.10 Å². The zero-order valence-corrected chi connectivity index (χ0v) is 12.5. The van der Waals surface area contributed by atoms with Crippen molar-refractivity contribution in [3.63, 3.8) is 0 Å². The number of ether oxygens (including phenoxy) is 1. The Labute approximate surface area is 121 Å². The van der Waals surface area contributed by atoms with Crippen LogP contribution in [0.5, 0.6) is 5.75 Å². The number of benzene rings is 2. The molecule has 0 amide bonds. The Balaban J connectivity index is 2.04. The van der Waals surface area contributed by atoms with Gasteiger partial charge in [-0.05, 0) is 38.0 Å². The summed E-state index contributed by atoms with van der Waals surface area (Å²) in [6.45, 7) is 6.38. The van der Waals surface area contributed by atoms with Crippen LogP contribution >= 0.6 is 0 Å². The van der Waals surface area contributed by atoms with Crippen LogP contribution in [-0.2, 0) is 0 Å². The third kappa shape index (κ3) is 4.02. The predicted molar refractivity (Wildman–Crippen MR) is 85.3 cm³/mol. The standard InChI is InChI=1S/C18H23NO/c1-4-14(2)20-18-12-8-11-17(13-18)19-15(3)16-9-6-5-7-10-16/h5-15,19H,4H2,1-3H3. The van der Waals surface area contributed by atoms with Crippen molar-refractivity contribution in [2.24, 2.45) is 0 Å². The van der Waals surface area contributed by atoms with Gasteiger partial charge in [0.05, 0.1) is 6.10 Å². The molecule has 0 aliphatic heterocycles. The van der Waals surface area contributed by atoms with Gasteiger partial charge in [0.15, 0.2) is 0 Å². The van der Waals surface area contributed by atoms with Gasteiger partial charge >= 0.3 is 0 Å². The lowest BCUT2D eigenvalue weighted by Crippen LogP contribution is -2.10. The van der Waals surface area contributed by atoms with Gasteiger partial charge in [0.1, 0.15) is 5.75 Å². The fourth-order valence-corrected chi connectivity index (χ4v) is 2.05. The van der Waals surface area contributed by atoms with Gasteiger partial charge in [0.25, 0.3) is 0 Å². The summed E-state index contributed by atoms with van der Waals surface area (Å²) in [4.78, 5) is 0. The molecule has 0 aromatic heterocycles. The van der Waals surface area contributed by atoms with E-state index in [-0.39, 0.29) is 12.1 Å². The third-order valence-electron chi connectivity index (χ3n) is 3.43. The van der Waals surface area contributed by atoms with Gasteiger partial charge in [-0.15, -0.1) is 0 Å². The van der Waals surface area contributed by atoms with Crippen LogP contribution in [0.4, 0.5) is 5.69 Å². The lowest BCUT2D eigenvalue weighted by atomic mass is 10.1. The summed E-state index contributed by atoms with van der Waals surface area (Å²) in [6, 6.07) is 18.9. The molecule has 0 saturated carbocycles. The molecule has 0 saturated heterocycles. The topological polar surface area (TPSA) is 21.3 Å². The summed E-state index contributed by atoms with van der Waals surface area (Å²) in [5.74, 6) is 0.921. The van der Waals surface area contributed by atoms with E-state index in [1.54, 1.807) is 0 Å². The number of nitrogens with one attached hydrogen (secondary N) is 1. The minimum atomic E-state index is 0.247. The van der Waals surface area contributed by atoms with Crippen LogP contribution in [0.25, 0.3) is 0 Å². The smallest absolute Gasteiger partial charge is 0.121 e. The largest absolute Gasteiger partial charge is 0.491 e. The number of anilines is 1. The van der Waals surface area contributed by atoms with E-state index in [1.807, 2.05) is 18.2 Å². The molecule has 2 aromatic carbocycles. The molecule has 2 unspecified atom stereocenters. The van der Waals surface area contributed by atoms with E-state index in [1.165, 1.54) is 5.56 Å². The van der Waals surface area contributed by atoms with Crippen LogP contribution in [0.1, 0.15) is 38.8 Å². The molecule has 0 radical (unpaired) electrons. The Morgan fingerprint density at radius 1 is 1.00 bits per heavy atom. The maximum Gasteiger partial charge on any atom is 0.121 e. The zero-order valence-electron chi connectivity index (χ0n) is 12.5. The Morgan fingerprint density at radius 3 is 2.45 bits per heavy atom. The van der Waals surface area contributed by atoms with Crippen molar-refractivity contribution in [3.05, 3.63) is 60.2 Å². The molecule has 2 atom stereocenters. The third-order valence-corrected chi connectivity index (χ3v) is 3.43. The Bertz CT molecular complexity index is 524. The molecular weight excluding hydrogens is 246 g/mol. The lowest BCUT2D eigenvalue weighted by Gasteiger charge is -2.17. The van der Waals surface area contributed by atoms with E-state index in [4.69, 9.17) is 4.74 Å². The average Bonchev–Trinajstić information content (AvgIpc) is 2.48. The van der Waals surface area contributed by atoms with Crippen molar-refractivity contribution in [2.45, 2.75) is 39.3 Å². The Morgan fingerprint density at radius 2 is 1.75 bits per heavy atom. The predicted octanol–water partition coefficient (Wildman–Crippen LogP) is 5.04. The van der Waals surface area contributed by atoms with Crippen molar-refractivity contribution in [1.82, 2.24) is 0 Å². The van der Waals surface area contributed by atoms with Gasteiger partial charge in [-0.25, -0.2) is 0 Å². The van der Waals surface area contributed by atoms with Crippen molar-refractivity contribution >= 4 is 5.69 Å². The fourth-order valence-electron chi connectivity index (χ4n) is 2.05. The first-order valence-electron chi connectivity index (χ1n) is 7.27. The van der Waals surface area contributed by atoms with Gasteiger partial charge in [-0.2, -0.15) is 0 Å². The molecular formula is C18H23NO. The van der Waals surface area contributed by atoms with Crippen LogP contribution in [0.3, 0.4) is 0 Å². The molecule has 0 spiro atoms. The Kier molecular flexibility index (Phi) is 5.05. The highest BCUT2D eigenvalue weighted by molar-refractivity contribution is 5.49. The van der Waals surface area contributed by atoms with Crippen molar-refractivity contribution in [2.75, 3.05) is 5.32 Å². The van der Waals surface area contributed by atoms with Crippen LogP contribution < -0.4 is 10.1 Å². The molecule has 0 heterocycles. The summed E-state index contributed by atoms with van der Waals surface area (Å²) in [5.41, 5.74) is 2.36. The highest BCUT2D eigenvalue weighted by Gasteiger charge is 2.06. The maximum absolute atomic E-state index is 5.85. The van der Waals surface area contributed by atoms with Crippen LogP contribution in [0.2, 0.25) is 0 Å². The normalized spacial score (nSPS) is 13.6. The SMILES string of the molecule is CCC(C)Oc1cccc(NC(C)c2ccccc2)c1. The van der Waals surface area contributed by atoms with Gasteiger partial charge in [-0.1, -0.05) is 43.3 Å². The molecule has 1 N–H and O–H groups in total. The highest BCUT2D eigenvalue weighted by atomic mass is 16.5. The second kappa shape index (κ2) is 6.99. The monoisotopic (exact) mass is 269 g/mol. The van der Waals surface area contributed by atoms with Crippen molar-refractivity contribution in [3.8, 4) is 5.75 Å². The van der Waals surface area contributed by atoms with E-state index < -0.39 is 0 Å². The molecule has 0 fully saturated rings. The second-order valence-corrected chi connectivity index (χ2v) is 5.14. The zero-order chi connectivity index (χ0) is 14.4. The summed E-state index contributed by atoms with van der Waals surface area (Å²) in [5, 5.41) is 3.51. The second-order valence-electron chi connectivity index (χ2n) is 5.14. The summed E-state index contributed by atoms with van der Waals surface area (Å²) in [7, 11) is 0. The van der Waals surface area contributed by atoms with Crippen molar-refractivity contribution < 1.29 is 4.74 Å². The molecule has 0 bridgehead atoms. The molecule has 0 aliphatic rings. The molecule has 2 aromatic rings. The summed E-state index contributed by atoms with van der Waals surface area (Å²) >= 11 is 0. The van der Waals surface area contributed by atoms with Gasteiger partial charge in [0, 0.05) is 17.8 Å². The van der Waals surface area contributed by atoms with Crippen molar-refractivity contribution in [1.29, 1.82) is 0 Å². The number of hydrogen-bond acceptors (Lipinski definition) is 2. The first-order chi connectivity index (χ1) is 9.69. The summed E-state index contributed by atoms with van der Waals surface area (Å²) in [6.07, 6.45) is 1.26. The first-order valence-corrected chi connectivity index (χ1v) is 7.27. The molecule has 2 heteroatoms. The van der Waals surface area contributed by atoms with Crippen LogP contribution in [0.15, 0.2) is 54.6 Å². The minimum Gasteiger partial charge on any atom is -0.491 e. The summed E-state index contributed by atoms with van der Waals surface area (Å²) < 4.78 is 5.85. The van der Waals surface area contributed by atoms with Gasteiger partial charge < -0.3 is 10.1 Å². The maximum atomic E-state index is 5.85. The van der Waals surface area contributed by atoms with E-state index in [2.05, 4.69) is 62.5 Å². The van der Waals surface area contributed by atoms with E-state index in [0.717, 1.165) is 17.9 Å². The van der Waals surface area contributed by atoms with Gasteiger partial charge in [-0.3, -0.25) is 0 Å². The molecule has 106 valence electrons. The first kappa shape index (κ1) is 14.4. The van der Waals surface area contributed by atoms with Crippen LogP contribution in [0, 0.1) is 0 Å². The average molecular weight is 269 g/mol.